The van der Waals surface area contributed by atoms with E-state index in [1.165, 1.54) is 29.2 Å². The second kappa shape index (κ2) is 16.1. The lowest BCUT2D eigenvalue weighted by Gasteiger charge is -2.34. The number of aryl methyl sites for hydroxylation is 2. The van der Waals surface area contributed by atoms with Crippen molar-refractivity contribution < 1.29 is 18.0 Å². The number of halogens is 2. The highest BCUT2D eigenvalue weighted by molar-refractivity contribution is 7.92. The quantitative estimate of drug-likeness (QED) is 0.141. The highest BCUT2D eigenvalue weighted by Gasteiger charge is 2.35. The standard InChI is InChI=1S/C36H39Cl2N3O4S/c1-4-5-21-39-36(43)34(22-28-9-7-6-8-10-28)40(24-29-15-11-26(2)12-16-29)35(42)25-41(33-23-30(37)17-20-32(33)38)46(44,45)31-18-13-27(3)14-19-31/h6-20,23,34H,4-5,21-22,24-25H2,1-3H3,(H,39,43)/t34-/m1/s1. The molecule has 1 atom stereocenters. The molecular weight excluding hydrogens is 641 g/mol. The SMILES string of the molecule is CCCCNC(=O)[C@@H](Cc1ccccc1)N(Cc1ccc(C)cc1)C(=O)CN(c1cc(Cl)ccc1Cl)S(=O)(=O)c1ccc(C)cc1. The minimum atomic E-state index is -4.30. The summed E-state index contributed by atoms with van der Waals surface area (Å²) >= 11 is 12.9. The third-order valence-corrected chi connectivity index (χ3v) is 9.97. The van der Waals surface area contributed by atoms with Gasteiger partial charge in [-0.1, -0.05) is 114 Å². The van der Waals surface area contributed by atoms with Gasteiger partial charge in [0.2, 0.25) is 11.8 Å². The number of carbonyl (C=O) groups excluding carboxylic acids is 2. The van der Waals surface area contributed by atoms with E-state index in [1.54, 1.807) is 18.2 Å². The Morgan fingerprint density at radius 1 is 0.826 bits per heavy atom. The molecule has 4 aromatic rings. The zero-order valence-electron chi connectivity index (χ0n) is 26.2. The van der Waals surface area contributed by atoms with Crippen molar-refractivity contribution in [2.75, 3.05) is 17.4 Å². The molecule has 0 aliphatic heterocycles. The maximum atomic E-state index is 14.6. The number of nitrogens with one attached hydrogen (secondary N) is 1. The molecule has 0 heterocycles. The van der Waals surface area contributed by atoms with Crippen LogP contribution in [0.1, 0.15) is 42.0 Å². The number of hydrogen-bond donors (Lipinski definition) is 1. The lowest BCUT2D eigenvalue weighted by molar-refractivity contribution is -0.140. The minimum absolute atomic E-state index is 0.00910. The third kappa shape index (κ3) is 9.12. The Bertz CT molecular complexity index is 1730. The van der Waals surface area contributed by atoms with Crippen molar-refractivity contribution in [1.82, 2.24) is 10.2 Å². The van der Waals surface area contributed by atoms with Gasteiger partial charge in [-0.05, 0) is 61.7 Å². The number of anilines is 1. The van der Waals surface area contributed by atoms with Crippen LogP contribution in [-0.4, -0.2) is 44.3 Å². The highest BCUT2D eigenvalue weighted by Crippen LogP contribution is 2.33. The summed E-state index contributed by atoms with van der Waals surface area (Å²) in [7, 11) is -4.30. The number of benzene rings is 4. The molecule has 4 aromatic carbocycles. The van der Waals surface area contributed by atoms with Crippen molar-refractivity contribution in [2.45, 2.75) is 57.5 Å². The molecule has 4 rings (SSSR count). The average Bonchev–Trinajstić information content (AvgIpc) is 3.04. The molecule has 10 heteroatoms. The molecule has 0 bridgehead atoms. The van der Waals surface area contributed by atoms with Crippen LogP contribution in [-0.2, 0) is 32.6 Å². The minimum Gasteiger partial charge on any atom is -0.354 e. The zero-order chi connectivity index (χ0) is 33.3. The van der Waals surface area contributed by atoms with Crippen LogP contribution in [0.15, 0.2) is 102 Å². The van der Waals surface area contributed by atoms with Gasteiger partial charge in [0.25, 0.3) is 10.0 Å². The number of sulfonamides is 1. The van der Waals surface area contributed by atoms with Gasteiger partial charge in [0.05, 0.1) is 15.6 Å². The van der Waals surface area contributed by atoms with E-state index in [2.05, 4.69) is 5.32 Å². The summed E-state index contributed by atoms with van der Waals surface area (Å²) in [5, 5.41) is 3.36. The zero-order valence-corrected chi connectivity index (χ0v) is 28.6. The summed E-state index contributed by atoms with van der Waals surface area (Å²) in [6.07, 6.45) is 1.91. The second-order valence-corrected chi connectivity index (χ2v) is 14.0. The fourth-order valence-corrected chi connectivity index (χ4v) is 6.84. The Labute approximate surface area is 282 Å². The molecular formula is C36H39Cl2N3O4S. The van der Waals surface area contributed by atoms with E-state index in [0.29, 0.717) is 6.54 Å². The first-order valence-corrected chi connectivity index (χ1v) is 17.4. The molecule has 0 aromatic heterocycles. The Hall–Kier alpha value is -3.85. The van der Waals surface area contributed by atoms with Gasteiger partial charge in [0.15, 0.2) is 0 Å². The lowest BCUT2D eigenvalue weighted by atomic mass is 10.0. The normalized spacial score (nSPS) is 11.9. The van der Waals surface area contributed by atoms with Crippen LogP contribution in [0.25, 0.3) is 0 Å². The van der Waals surface area contributed by atoms with E-state index >= 15 is 0 Å². The van der Waals surface area contributed by atoms with Crippen LogP contribution in [0.2, 0.25) is 10.0 Å². The lowest BCUT2D eigenvalue weighted by Crippen LogP contribution is -2.53. The third-order valence-electron chi connectivity index (χ3n) is 7.64. The molecule has 46 heavy (non-hydrogen) atoms. The first-order chi connectivity index (χ1) is 22.0. The predicted octanol–water partition coefficient (Wildman–Crippen LogP) is 7.36. The fraction of sp³-hybridized carbons (Fsp3) is 0.278. The Morgan fingerprint density at radius 2 is 1.46 bits per heavy atom. The number of rotatable bonds is 14. The van der Waals surface area contributed by atoms with Crippen LogP contribution in [0.4, 0.5) is 5.69 Å². The van der Waals surface area contributed by atoms with Gasteiger partial charge in [0.1, 0.15) is 12.6 Å². The fourth-order valence-electron chi connectivity index (χ4n) is 4.98. The first kappa shape index (κ1) is 35.0. The predicted molar refractivity (Wildman–Crippen MR) is 186 cm³/mol. The van der Waals surface area contributed by atoms with E-state index in [-0.39, 0.29) is 39.5 Å². The van der Waals surface area contributed by atoms with E-state index < -0.39 is 28.5 Å². The topological polar surface area (TPSA) is 86.8 Å². The van der Waals surface area contributed by atoms with Crippen molar-refractivity contribution >= 4 is 50.7 Å². The van der Waals surface area contributed by atoms with Gasteiger partial charge in [0, 0.05) is 24.5 Å². The summed E-state index contributed by atoms with van der Waals surface area (Å²) in [5.74, 6) is -0.884. The van der Waals surface area contributed by atoms with Crippen molar-refractivity contribution in [1.29, 1.82) is 0 Å². The maximum Gasteiger partial charge on any atom is 0.264 e. The van der Waals surface area contributed by atoms with Gasteiger partial charge in [-0.25, -0.2) is 8.42 Å². The Balaban J connectivity index is 1.81. The summed E-state index contributed by atoms with van der Waals surface area (Å²) in [6, 6.07) is 27.0. The summed E-state index contributed by atoms with van der Waals surface area (Å²) < 4.78 is 29.4. The van der Waals surface area contributed by atoms with Gasteiger partial charge < -0.3 is 10.2 Å². The molecule has 0 radical (unpaired) electrons. The smallest absolute Gasteiger partial charge is 0.264 e. The number of unbranched alkanes of at least 4 members (excludes halogenated alkanes) is 1. The molecule has 1 N–H and O–H groups in total. The molecule has 0 saturated carbocycles. The molecule has 0 saturated heterocycles. The van der Waals surface area contributed by atoms with Crippen LogP contribution >= 0.6 is 23.2 Å². The average molecular weight is 681 g/mol. The molecule has 0 aliphatic rings. The number of carbonyl (C=O) groups is 2. The largest absolute Gasteiger partial charge is 0.354 e. The maximum absolute atomic E-state index is 14.6. The number of nitrogens with zero attached hydrogens (tertiary/aromatic N) is 2. The molecule has 0 fully saturated rings. The summed E-state index contributed by atoms with van der Waals surface area (Å²) in [6.45, 7) is 5.78. The van der Waals surface area contributed by atoms with Crippen LogP contribution in [0.5, 0.6) is 0 Å². The van der Waals surface area contributed by atoms with E-state index in [1.807, 2.05) is 75.4 Å². The molecule has 0 spiro atoms. The van der Waals surface area contributed by atoms with Gasteiger partial charge in [-0.3, -0.25) is 13.9 Å². The first-order valence-electron chi connectivity index (χ1n) is 15.2. The summed E-state index contributed by atoms with van der Waals surface area (Å²) in [5.41, 5.74) is 3.65. The van der Waals surface area contributed by atoms with Gasteiger partial charge >= 0.3 is 0 Å². The molecule has 7 nitrogen and oxygen atoms in total. The molecule has 2 amide bonds. The number of hydrogen-bond acceptors (Lipinski definition) is 4. The second-order valence-electron chi connectivity index (χ2n) is 11.3. The van der Waals surface area contributed by atoms with Gasteiger partial charge in [-0.15, -0.1) is 0 Å². The highest BCUT2D eigenvalue weighted by atomic mass is 35.5. The van der Waals surface area contributed by atoms with Crippen molar-refractivity contribution in [3.8, 4) is 0 Å². The monoisotopic (exact) mass is 679 g/mol. The van der Waals surface area contributed by atoms with Gasteiger partial charge in [-0.2, -0.15) is 0 Å². The van der Waals surface area contributed by atoms with Crippen LogP contribution < -0.4 is 9.62 Å². The van der Waals surface area contributed by atoms with Crippen LogP contribution in [0.3, 0.4) is 0 Å². The van der Waals surface area contributed by atoms with Crippen LogP contribution in [0, 0.1) is 13.8 Å². The van der Waals surface area contributed by atoms with E-state index in [4.69, 9.17) is 23.2 Å². The summed E-state index contributed by atoms with van der Waals surface area (Å²) in [4.78, 5) is 29.9. The van der Waals surface area contributed by atoms with Crippen molar-refractivity contribution in [3.05, 3.63) is 129 Å². The van der Waals surface area contributed by atoms with E-state index in [0.717, 1.165) is 39.4 Å². The van der Waals surface area contributed by atoms with Crippen molar-refractivity contribution in [2.24, 2.45) is 0 Å². The van der Waals surface area contributed by atoms with Crippen molar-refractivity contribution in [3.63, 3.8) is 0 Å². The van der Waals surface area contributed by atoms with E-state index in [9.17, 15) is 18.0 Å². The molecule has 0 unspecified atom stereocenters. The molecule has 242 valence electrons. The Kier molecular flexibility index (Phi) is 12.3. The molecule has 0 aliphatic carbocycles. The Morgan fingerprint density at radius 3 is 2.09 bits per heavy atom. The number of amides is 2.